The lowest BCUT2D eigenvalue weighted by molar-refractivity contribution is -0.129. The third-order valence-electron chi connectivity index (χ3n) is 5.89. The molecule has 30 heavy (non-hydrogen) atoms. The van der Waals surface area contributed by atoms with Crippen molar-refractivity contribution >= 4 is 29.4 Å². The minimum Gasteiger partial charge on any atom is -0.342 e. The number of piperidine rings is 1. The average Bonchev–Trinajstić information content (AvgIpc) is 3.13. The van der Waals surface area contributed by atoms with Gasteiger partial charge in [0.25, 0.3) is 5.56 Å². The monoisotopic (exact) mass is 443 g/mol. The second-order valence-electron chi connectivity index (χ2n) is 8.35. The summed E-state index contributed by atoms with van der Waals surface area (Å²) in [6.07, 6.45) is 3.74. The molecule has 0 bridgehead atoms. The summed E-state index contributed by atoms with van der Waals surface area (Å²) in [6.45, 7) is 6.64. The van der Waals surface area contributed by atoms with Crippen LogP contribution < -0.4 is 5.56 Å². The number of amides is 1. The van der Waals surface area contributed by atoms with Crippen molar-refractivity contribution in [2.24, 2.45) is 5.92 Å². The van der Waals surface area contributed by atoms with Crippen molar-refractivity contribution in [2.75, 3.05) is 18.8 Å². The zero-order valence-electron chi connectivity index (χ0n) is 17.7. The third kappa shape index (κ3) is 4.94. The van der Waals surface area contributed by atoms with Crippen molar-refractivity contribution in [1.82, 2.24) is 14.5 Å². The van der Waals surface area contributed by atoms with Crippen LogP contribution in [0.1, 0.15) is 37.9 Å². The number of carbonyl (C=O) groups is 1. The maximum Gasteiger partial charge on any atom is 0.268 e. The van der Waals surface area contributed by atoms with Crippen LogP contribution in [0.3, 0.4) is 0 Å². The second-order valence-corrected chi connectivity index (χ2v) is 10.7. The first-order chi connectivity index (χ1) is 14.5. The summed E-state index contributed by atoms with van der Waals surface area (Å²) >= 11 is 3.05. The van der Waals surface area contributed by atoms with Gasteiger partial charge in [-0.3, -0.25) is 14.2 Å². The van der Waals surface area contributed by atoms with Crippen LogP contribution >= 0.6 is 23.5 Å². The van der Waals surface area contributed by atoms with E-state index in [1.165, 1.54) is 17.3 Å². The van der Waals surface area contributed by atoms with Gasteiger partial charge in [-0.25, -0.2) is 4.98 Å². The molecule has 2 aromatic rings. The predicted octanol–water partition coefficient (Wildman–Crippen LogP) is 3.87. The Balaban J connectivity index is 1.52. The van der Waals surface area contributed by atoms with Gasteiger partial charge in [0.05, 0.1) is 16.3 Å². The summed E-state index contributed by atoms with van der Waals surface area (Å²) in [7, 11) is 0. The molecule has 0 unspecified atom stereocenters. The molecule has 3 heterocycles. The molecular formula is C23H29N3O2S2. The fourth-order valence-electron chi connectivity index (χ4n) is 4.00. The van der Waals surface area contributed by atoms with Crippen LogP contribution in [0, 0.1) is 5.92 Å². The van der Waals surface area contributed by atoms with Crippen molar-refractivity contribution in [3.63, 3.8) is 0 Å². The van der Waals surface area contributed by atoms with Crippen molar-refractivity contribution < 1.29 is 4.79 Å². The van der Waals surface area contributed by atoms with E-state index >= 15 is 0 Å². The molecule has 5 nitrogen and oxygen atoms in total. The number of likely N-dealkylation sites (tertiary alicyclic amines) is 1. The number of nitrogens with zero attached hydrogens (tertiary/aromatic N) is 3. The molecule has 7 heteroatoms. The lowest BCUT2D eigenvalue weighted by atomic mass is 9.99. The van der Waals surface area contributed by atoms with Crippen LogP contribution in [0.2, 0.25) is 0 Å². The zero-order chi connectivity index (χ0) is 21.1. The fourth-order valence-corrected chi connectivity index (χ4v) is 6.06. The SMILES string of the molecule is CC1CCN(C(=O)CSc2nc3c(c(=O)n2CCc2ccccc2)S[C@H](C)C3)CC1. The molecule has 160 valence electrons. The number of aryl methyl sites for hydroxylation is 1. The average molecular weight is 444 g/mol. The highest BCUT2D eigenvalue weighted by Crippen LogP contribution is 2.34. The molecular weight excluding hydrogens is 414 g/mol. The molecule has 4 rings (SSSR count). The molecule has 1 saturated heterocycles. The molecule has 1 aromatic carbocycles. The lowest BCUT2D eigenvalue weighted by Crippen LogP contribution is -2.39. The van der Waals surface area contributed by atoms with E-state index in [4.69, 9.17) is 4.98 Å². The van der Waals surface area contributed by atoms with Crippen LogP contribution in [-0.2, 0) is 24.2 Å². The summed E-state index contributed by atoms with van der Waals surface area (Å²) < 4.78 is 1.78. The van der Waals surface area contributed by atoms with E-state index in [1.54, 1.807) is 16.3 Å². The number of aromatic nitrogens is 2. The molecule has 2 aliphatic heterocycles. The summed E-state index contributed by atoms with van der Waals surface area (Å²) in [5.41, 5.74) is 2.14. The molecule has 0 radical (unpaired) electrons. The maximum absolute atomic E-state index is 13.2. The van der Waals surface area contributed by atoms with E-state index < -0.39 is 0 Å². The van der Waals surface area contributed by atoms with Crippen molar-refractivity contribution in [2.45, 2.75) is 61.4 Å². The molecule has 0 spiro atoms. The number of benzene rings is 1. The lowest BCUT2D eigenvalue weighted by Gasteiger charge is -2.30. The third-order valence-corrected chi connectivity index (χ3v) is 8.07. The first-order valence-electron chi connectivity index (χ1n) is 10.8. The van der Waals surface area contributed by atoms with Crippen LogP contribution in [0.15, 0.2) is 45.2 Å². The summed E-state index contributed by atoms with van der Waals surface area (Å²) in [5.74, 6) is 1.19. The van der Waals surface area contributed by atoms with Crippen molar-refractivity contribution in [3.8, 4) is 0 Å². The van der Waals surface area contributed by atoms with E-state index in [1.807, 2.05) is 23.1 Å². The largest absolute Gasteiger partial charge is 0.342 e. The van der Waals surface area contributed by atoms with E-state index in [2.05, 4.69) is 26.0 Å². The van der Waals surface area contributed by atoms with Gasteiger partial charge in [0, 0.05) is 31.3 Å². The Morgan fingerprint density at radius 2 is 1.93 bits per heavy atom. The highest BCUT2D eigenvalue weighted by Gasteiger charge is 2.27. The number of carbonyl (C=O) groups excluding carboxylic acids is 1. The topological polar surface area (TPSA) is 55.2 Å². The number of hydrogen-bond acceptors (Lipinski definition) is 5. The maximum atomic E-state index is 13.2. The van der Waals surface area contributed by atoms with Gasteiger partial charge in [-0.05, 0) is 30.7 Å². The van der Waals surface area contributed by atoms with Gasteiger partial charge < -0.3 is 4.90 Å². The van der Waals surface area contributed by atoms with Gasteiger partial charge in [-0.2, -0.15) is 0 Å². The Morgan fingerprint density at radius 1 is 1.20 bits per heavy atom. The zero-order valence-corrected chi connectivity index (χ0v) is 19.3. The molecule has 0 saturated carbocycles. The van der Waals surface area contributed by atoms with E-state index in [0.29, 0.717) is 28.6 Å². The molecule has 1 atom stereocenters. The standard InChI is InChI=1S/C23H29N3O2S2/c1-16-8-11-25(12-9-16)20(27)15-29-23-24-19-14-17(2)30-21(19)22(28)26(23)13-10-18-6-4-3-5-7-18/h3-7,16-17H,8-15H2,1-2H3/t17-/m1/s1. The number of rotatable bonds is 6. The van der Waals surface area contributed by atoms with E-state index in [0.717, 1.165) is 49.4 Å². The van der Waals surface area contributed by atoms with Crippen LogP contribution in [-0.4, -0.2) is 44.5 Å². The quantitative estimate of drug-likeness (QED) is 0.501. The molecule has 1 aromatic heterocycles. The number of hydrogen-bond donors (Lipinski definition) is 0. The summed E-state index contributed by atoms with van der Waals surface area (Å²) in [6, 6.07) is 10.2. The Hall–Kier alpha value is -1.73. The van der Waals surface area contributed by atoms with Crippen LogP contribution in [0.4, 0.5) is 0 Å². The van der Waals surface area contributed by atoms with Gasteiger partial charge in [0.15, 0.2) is 5.16 Å². The molecule has 0 aliphatic carbocycles. The number of thioether (sulfide) groups is 2. The minimum atomic E-state index is 0.0482. The first kappa shape index (κ1) is 21.5. The van der Waals surface area contributed by atoms with E-state index in [-0.39, 0.29) is 11.5 Å². The Kier molecular flexibility index (Phi) is 6.88. The Morgan fingerprint density at radius 3 is 2.67 bits per heavy atom. The summed E-state index contributed by atoms with van der Waals surface area (Å²) in [4.78, 5) is 33.5. The number of fused-ring (bicyclic) bond motifs is 1. The summed E-state index contributed by atoms with van der Waals surface area (Å²) in [5, 5.41) is 1.06. The molecule has 1 fully saturated rings. The van der Waals surface area contributed by atoms with Gasteiger partial charge in [0.1, 0.15) is 0 Å². The Bertz CT molecular complexity index is 953. The highest BCUT2D eigenvalue weighted by molar-refractivity contribution is 8.00. The molecule has 1 amide bonds. The van der Waals surface area contributed by atoms with Gasteiger partial charge in [0.2, 0.25) is 5.91 Å². The highest BCUT2D eigenvalue weighted by atomic mass is 32.2. The molecule has 0 N–H and O–H groups in total. The normalized spacial score (nSPS) is 19.1. The first-order valence-corrected chi connectivity index (χ1v) is 12.6. The van der Waals surface area contributed by atoms with Crippen molar-refractivity contribution in [1.29, 1.82) is 0 Å². The van der Waals surface area contributed by atoms with Gasteiger partial charge >= 0.3 is 0 Å². The second kappa shape index (κ2) is 9.60. The van der Waals surface area contributed by atoms with Crippen LogP contribution in [0.5, 0.6) is 0 Å². The van der Waals surface area contributed by atoms with Gasteiger partial charge in [-0.15, -0.1) is 11.8 Å². The predicted molar refractivity (Wildman–Crippen MR) is 123 cm³/mol. The smallest absolute Gasteiger partial charge is 0.268 e. The van der Waals surface area contributed by atoms with E-state index in [9.17, 15) is 9.59 Å². The minimum absolute atomic E-state index is 0.0482. The molecule has 2 aliphatic rings. The van der Waals surface area contributed by atoms with Crippen LogP contribution in [0.25, 0.3) is 0 Å². The van der Waals surface area contributed by atoms with Crippen molar-refractivity contribution in [3.05, 3.63) is 51.9 Å². The fraction of sp³-hybridized carbons (Fsp3) is 0.522. The van der Waals surface area contributed by atoms with Gasteiger partial charge in [-0.1, -0.05) is 55.9 Å². The Labute approximate surface area is 186 Å².